The molecule has 0 radical (unpaired) electrons. The number of nitrogens with one attached hydrogen (secondary N) is 1. The fourth-order valence-corrected chi connectivity index (χ4v) is 3.95. The van der Waals surface area contributed by atoms with Gasteiger partial charge in [-0.15, -0.1) is 0 Å². The van der Waals surface area contributed by atoms with Crippen LogP contribution in [0, 0.1) is 6.92 Å². The number of nitrogens with zero attached hydrogens (tertiary/aromatic N) is 1. The topological polar surface area (TPSA) is 77.0 Å². The van der Waals surface area contributed by atoms with E-state index in [0.717, 1.165) is 27.1 Å². The van der Waals surface area contributed by atoms with Gasteiger partial charge < -0.3 is 9.47 Å². The lowest BCUT2D eigenvalue weighted by atomic mass is 10.0. The summed E-state index contributed by atoms with van der Waals surface area (Å²) in [4.78, 5) is 25.1. The van der Waals surface area contributed by atoms with Gasteiger partial charge in [0.1, 0.15) is 11.5 Å². The number of amides is 1. The van der Waals surface area contributed by atoms with E-state index in [2.05, 4.69) is 10.5 Å². The molecule has 6 heteroatoms. The molecule has 5 aromatic carbocycles. The lowest BCUT2D eigenvalue weighted by molar-refractivity contribution is -0.123. The third-order valence-electron chi connectivity index (χ3n) is 5.89. The molecule has 0 unspecified atom stereocenters. The maximum Gasteiger partial charge on any atom is 0.343 e. The van der Waals surface area contributed by atoms with Gasteiger partial charge in [0.15, 0.2) is 6.61 Å². The molecule has 1 amide bonds. The summed E-state index contributed by atoms with van der Waals surface area (Å²) >= 11 is 0. The van der Waals surface area contributed by atoms with Crippen molar-refractivity contribution < 1.29 is 19.1 Å². The fourth-order valence-electron chi connectivity index (χ4n) is 3.95. The number of hydrazone groups is 1. The zero-order valence-electron chi connectivity index (χ0n) is 20.2. The summed E-state index contributed by atoms with van der Waals surface area (Å²) in [7, 11) is 0. The van der Waals surface area contributed by atoms with Gasteiger partial charge >= 0.3 is 5.97 Å². The van der Waals surface area contributed by atoms with Crippen LogP contribution in [-0.4, -0.2) is 24.7 Å². The van der Waals surface area contributed by atoms with Crippen LogP contribution >= 0.6 is 0 Å². The summed E-state index contributed by atoms with van der Waals surface area (Å²) in [5.74, 6) is 0.0486. The molecule has 5 rings (SSSR count). The van der Waals surface area contributed by atoms with Crippen LogP contribution in [0.25, 0.3) is 21.5 Å². The minimum atomic E-state index is -0.474. The molecule has 0 aliphatic heterocycles. The predicted octanol–water partition coefficient (Wildman–Crippen LogP) is 6.05. The third-order valence-corrected chi connectivity index (χ3v) is 5.89. The van der Waals surface area contributed by atoms with Crippen molar-refractivity contribution in [2.45, 2.75) is 6.92 Å². The van der Waals surface area contributed by atoms with Crippen molar-refractivity contribution in [1.29, 1.82) is 0 Å². The minimum Gasteiger partial charge on any atom is -0.484 e. The Kier molecular flexibility index (Phi) is 6.90. The second kappa shape index (κ2) is 10.7. The Morgan fingerprint density at radius 2 is 1.51 bits per heavy atom. The average Bonchev–Trinajstić information content (AvgIpc) is 2.93. The maximum atomic E-state index is 12.7. The van der Waals surface area contributed by atoms with E-state index >= 15 is 0 Å². The molecule has 0 saturated heterocycles. The Labute approximate surface area is 214 Å². The molecule has 0 aliphatic carbocycles. The minimum absolute atomic E-state index is 0.194. The summed E-state index contributed by atoms with van der Waals surface area (Å²) in [5.41, 5.74) is 4.56. The van der Waals surface area contributed by atoms with Gasteiger partial charge in [0, 0.05) is 5.56 Å². The van der Waals surface area contributed by atoms with Crippen LogP contribution in [0.5, 0.6) is 11.5 Å². The van der Waals surface area contributed by atoms with E-state index in [1.165, 1.54) is 6.21 Å². The summed E-state index contributed by atoms with van der Waals surface area (Å²) in [6.07, 6.45) is 1.48. The lowest BCUT2D eigenvalue weighted by Crippen LogP contribution is -2.24. The van der Waals surface area contributed by atoms with E-state index in [0.29, 0.717) is 22.6 Å². The first kappa shape index (κ1) is 23.8. The Bertz CT molecular complexity index is 1620. The number of esters is 1. The van der Waals surface area contributed by atoms with Gasteiger partial charge in [-0.3, -0.25) is 4.79 Å². The van der Waals surface area contributed by atoms with Gasteiger partial charge in [-0.05, 0) is 58.8 Å². The molecule has 1 N–H and O–H groups in total. The average molecular weight is 489 g/mol. The SMILES string of the molecule is Cc1ccc(C(=O)Oc2ccc3ccccc3c2/C=N\NC(=O)COc2ccc3ccccc3c2)cc1. The predicted molar refractivity (Wildman–Crippen MR) is 145 cm³/mol. The van der Waals surface area contributed by atoms with Crippen LogP contribution in [0.2, 0.25) is 0 Å². The molecule has 0 spiro atoms. The molecular weight excluding hydrogens is 464 g/mol. The highest BCUT2D eigenvalue weighted by Crippen LogP contribution is 2.27. The number of rotatable bonds is 7. The molecule has 0 heterocycles. The van der Waals surface area contributed by atoms with Crippen molar-refractivity contribution in [3.05, 3.63) is 120 Å². The zero-order chi connectivity index (χ0) is 25.6. The van der Waals surface area contributed by atoms with E-state index in [-0.39, 0.29) is 6.61 Å². The van der Waals surface area contributed by atoms with E-state index in [1.54, 1.807) is 18.2 Å². The van der Waals surface area contributed by atoms with Gasteiger partial charge in [0.2, 0.25) is 0 Å². The van der Waals surface area contributed by atoms with Crippen LogP contribution in [0.3, 0.4) is 0 Å². The molecule has 0 fully saturated rings. The Morgan fingerprint density at radius 3 is 2.32 bits per heavy atom. The van der Waals surface area contributed by atoms with Gasteiger partial charge in [-0.25, -0.2) is 10.2 Å². The Balaban J connectivity index is 1.30. The molecule has 37 heavy (non-hydrogen) atoms. The number of ether oxygens (including phenoxy) is 2. The second-order valence-corrected chi connectivity index (χ2v) is 8.54. The fraction of sp³-hybridized carbons (Fsp3) is 0.0645. The monoisotopic (exact) mass is 488 g/mol. The summed E-state index contributed by atoms with van der Waals surface area (Å²) in [6.45, 7) is 1.76. The standard InChI is InChI=1S/C31H24N2O4/c1-21-10-12-24(13-11-21)31(35)37-29-17-15-23-7-4-5-9-27(23)28(29)19-32-33-30(34)20-36-26-16-14-22-6-2-3-8-25(22)18-26/h2-19H,20H2,1H3,(H,33,34)/b32-19-. The summed E-state index contributed by atoms with van der Waals surface area (Å²) in [6, 6.07) is 32.0. The highest BCUT2D eigenvalue weighted by atomic mass is 16.5. The molecule has 0 aliphatic rings. The van der Waals surface area contributed by atoms with Gasteiger partial charge in [0.05, 0.1) is 11.8 Å². The molecule has 6 nitrogen and oxygen atoms in total. The normalized spacial score (nSPS) is 11.1. The largest absolute Gasteiger partial charge is 0.484 e. The molecule has 182 valence electrons. The van der Waals surface area contributed by atoms with Gasteiger partial charge in [-0.1, -0.05) is 78.4 Å². The highest BCUT2D eigenvalue weighted by molar-refractivity contribution is 6.04. The molecule has 5 aromatic rings. The maximum absolute atomic E-state index is 12.7. The van der Waals surface area contributed by atoms with Crippen LogP contribution < -0.4 is 14.9 Å². The summed E-state index contributed by atoms with van der Waals surface area (Å²) < 4.78 is 11.3. The van der Waals surface area contributed by atoms with Crippen LogP contribution in [0.4, 0.5) is 0 Å². The number of carbonyl (C=O) groups excluding carboxylic acids is 2. The lowest BCUT2D eigenvalue weighted by Gasteiger charge is -2.11. The van der Waals surface area contributed by atoms with Crippen LogP contribution in [0.15, 0.2) is 108 Å². The summed E-state index contributed by atoms with van der Waals surface area (Å²) in [5, 5.41) is 8.02. The first-order valence-corrected chi connectivity index (χ1v) is 11.8. The van der Waals surface area contributed by atoms with E-state index < -0.39 is 11.9 Å². The zero-order valence-corrected chi connectivity index (χ0v) is 20.2. The van der Waals surface area contributed by atoms with Crippen LogP contribution in [-0.2, 0) is 4.79 Å². The van der Waals surface area contributed by atoms with Crippen molar-refractivity contribution in [3.8, 4) is 11.5 Å². The molecule has 0 bridgehead atoms. The number of hydrogen-bond donors (Lipinski definition) is 1. The second-order valence-electron chi connectivity index (χ2n) is 8.54. The molecule has 0 saturated carbocycles. The van der Waals surface area contributed by atoms with E-state index in [9.17, 15) is 9.59 Å². The smallest absolute Gasteiger partial charge is 0.343 e. The Morgan fingerprint density at radius 1 is 0.811 bits per heavy atom. The first-order chi connectivity index (χ1) is 18.1. The quantitative estimate of drug-likeness (QED) is 0.131. The van der Waals surface area contributed by atoms with Crippen molar-refractivity contribution >= 4 is 39.6 Å². The molecule has 0 aromatic heterocycles. The number of fused-ring (bicyclic) bond motifs is 2. The Hall–Kier alpha value is -4.97. The number of aryl methyl sites for hydroxylation is 1. The van der Waals surface area contributed by atoms with E-state index in [1.807, 2.05) is 91.9 Å². The van der Waals surface area contributed by atoms with Crippen molar-refractivity contribution in [3.63, 3.8) is 0 Å². The van der Waals surface area contributed by atoms with E-state index in [4.69, 9.17) is 9.47 Å². The third kappa shape index (κ3) is 5.65. The molecular formula is C31H24N2O4. The van der Waals surface area contributed by atoms with Gasteiger partial charge in [0.25, 0.3) is 5.91 Å². The van der Waals surface area contributed by atoms with Crippen molar-refractivity contribution in [1.82, 2.24) is 5.43 Å². The molecule has 0 atom stereocenters. The van der Waals surface area contributed by atoms with Crippen molar-refractivity contribution in [2.75, 3.05) is 6.61 Å². The van der Waals surface area contributed by atoms with Gasteiger partial charge in [-0.2, -0.15) is 5.10 Å². The first-order valence-electron chi connectivity index (χ1n) is 11.8. The number of benzene rings is 5. The van der Waals surface area contributed by atoms with Crippen LogP contribution in [0.1, 0.15) is 21.5 Å². The van der Waals surface area contributed by atoms with Crippen molar-refractivity contribution in [2.24, 2.45) is 5.10 Å². The number of hydrogen-bond acceptors (Lipinski definition) is 5. The number of carbonyl (C=O) groups is 2. The highest BCUT2D eigenvalue weighted by Gasteiger charge is 2.13.